The van der Waals surface area contributed by atoms with Crippen molar-refractivity contribution in [2.45, 2.75) is 76.9 Å². The second-order valence-corrected chi connectivity index (χ2v) is 9.01. The van der Waals surface area contributed by atoms with Crippen molar-refractivity contribution in [1.82, 2.24) is 14.9 Å². The van der Waals surface area contributed by atoms with E-state index in [0.29, 0.717) is 43.0 Å². The molecular formula is C23H32N4O3. The summed E-state index contributed by atoms with van der Waals surface area (Å²) in [6.45, 7) is 3.09. The lowest BCUT2D eigenvalue weighted by atomic mass is 9.62. The van der Waals surface area contributed by atoms with E-state index >= 15 is 0 Å². The molecule has 1 aromatic rings. The van der Waals surface area contributed by atoms with Crippen LogP contribution >= 0.6 is 0 Å². The van der Waals surface area contributed by atoms with Crippen molar-refractivity contribution in [3.8, 4) is 6.01 Å². The Hall–Kier alpha value is -2.28. The van der Waals surface area contributed by atoms with Crippen LogP contribution in [0.25, 0.3) is 5.76 Å². The number of allylic oxidation sites excluding steroid dienone is 1. The Morgan fingerprint density at radius 1 is 1.30 bits per heavy atom. The molecule has 4 rings (SSSR count). The molecule has 3 aliphatic rings. The van der Waals surface area contributed by atoms with Gasteiger partial charge >= 0.3 is 6.01 Å². The molecule has 7 heteroatoms. The van der Waals surface area contributed by atoms with Crippen LogP contribution in [0.1, 0.15) is 70.4 Å². The molecule has 162 valence electrons. The van der Waals surface area contributed by atoms with Crippen LogP contribution in [0.3, 0.4) is 0 Å². The van der Waals surface area contributed by atoms with Crippen LogP contribution in [0.4, 0.5) is 0 Å². The van der Waals surface area contributed by atoms with Crippen molar-refractivity contribution in [2.75, 3.05) is 13.6 Å². The topological polar surface area (TPSA) is 99.4 Å². The average molecular weight is 413 g/mol. The molecule has 3 atom stereocenters. The summed E-state index contributed by atoms with van der Waals surface area (Å²) in [4.78, 5) is 23.7. The van der Waals surface area contributed by atoms with E-state index in [2.05, 4.69) is 21.9 Å². The molecule has 7 nitrogen and oxygen atoms in total. The normalized spacial score (nSPS) is 30.5. The van der Waals surface area contributed by atoms with Gasteiger partial charge in [-0.05, 0) is 71.5 Å². The van der Waals surface area contributed by atoms with E-state index in [4.69, 9.17) is 10.1 Å². The summed E-state index contributed by atoms with van der Waals surface area (Å²) in [5, 5.41) is 19.8. The molecule has 0 radical (unpaired) electrons. The molecular weight excluding hydrogens is 380 g/mol. The highest BCUT2D eigenvalue weighted by Gasteiger charge is 2.47. The summed E-state index contributed by atoms with van der Waals surface area (Å²) in [6, 6.07) is 2.20. The van der Waals surface area contributed by atoms with E-state index in [-0.39, 0.29) is 29.4 Å². The summed E-state index contributed by atoms with van der Waals surface area (Å²) in [7, 11) is 2.10. The highest BCUT2D eigenvalue weighted by molar-refractivity contribution is 6.18. The maximum Gasteiger partial charge on any atom is 0.317 e. The van der Waals surface area contributed by atoms with Gasteiger partial charge in [-0.3, -0.25) is 9.69 Å². The molecule has 0 unspecified atom stereocenters. The quantitative estimate of drug-likeness (QED) is 0.727. The minimum absolute atomic E-state index is 0.0182. The fourth-order valence-electron chi connectivity index (χ4n) is 5.42. The van der Waals surface area contributed by atoms with E-state index in [0.717, 1.165) is 38.6 Å². The predicted molar refractivity (Wildman–Crippen MR) is 115 cm³/mol. The van der Waals surface area contributed by atoms with E-state index in [1.165, 1.54) is 0 Å². The second-order valence-electron chi connectivity index (χ2n) is 9.01. The Bertz CT molecular complexity index is 864. The van der Waals surface area contributed by atoms with Crippen molar-refractivity contribution in [1.29, 1.82) is 5.41 Å². The fourth-order valence-corrected chi connectivity index (χ4v) is 5.42. The number of aromatic nitrogens is 2. The molecule has 0 bridgehead atoms. The minimum atomic E-state index is -0.715. The number of Topliss-reactive ketones (excluding diaryl/α,β-unsaturated/α-hetero) is 1. The zero-order chi connectivity index (χ0) is 21.3. The van der Waals surface area contributed by atoms with Gasteiger partial charge in [-0.15, -0.1) is 0 Å². The zero-order valence-corrected chi connectivity index (χ0v) is 18.0. The third-order valence-corrected chi connectivity index (χ3v) is 7.17. The van der Waals surface area contributed by atoms with Gasteiger partial charge in [0.2, 0.25) is 0 Å². The first-order valence-corrected chi connectivity index (χ1v) is 11.2. The van der Waals surface area contributed by atoms with Crippen LogP contribution in [-0.2, 0) is 4.79 Å². The van der Waals surface area contributed by atoms with Gasteiger partial charge < -0.3 is 15.3 Å². The summed E-state index contributed by atoms with van der Waals surface area (Å²) >= 11 is 0. The van der Waals surface area contributed by atoms with E-state index in [1.807, 2.05) is 6.92 Å². The third-order valence-electron chi connectivity index (χ3n) is 7.17. The molecule has 1 saturated heterocycles. The molecule has 0 amide bonds. The van der Waals surface area contributed by atoms with Crippen LogP contribution in [0.15, 0.2) is 17.8 Å². The number of nitrogens with one attached hydrogen (secondary N) is 1. The van der Waals surface area contributed by atoms with Crippen LogP contribution in [0.2, 0.25) is 0 Å². The molecule has 2 aliphatic carbocycles. The van der Waals surface area contributed by atoms with Gasteiger partial charge in [-0.25, -0.2) is 4.98 Å². The first-order chi connectivity index (χ1) is 14.4. The van der Waals surface area contributed by atoms with Crippen molar-refractivity contribution in [3.05, 3.63) is 23.5 Å². The number of likely N-dealkylation sites (N-methyl/N-ethyl adjacent to an activating group) is 1. The molecule has 2 N–H and O–H groups in total. The van der Waals surface area contributed by atoms with Crippen molar-refractivity contribution in [3.63, 3.8) is 0 Å². The van der Waals surface area contributed by atoms with Crippen LogP contribution in [0.5, 0.6) is 6.01 Å². The number of hydrogen-bond acceptors (Lipinski definition) is 7. The van der Waals surface area contributed by atoms with E-state index < -0.39 is 5.41 Å². The highest BCUT2D eigenvalue weighted by atomic mass is 16.5. The maximum absolute atomic E-state index is 12.7. The van der Waals surface area contributed by atoms with E-state index in [9.17, 15) is 9.90 Å². The number of rotatable bonds is 4. The predicted octanol–water partition coefficient (Wildman–Crippen LogP) is 3.94. The van der Waals surface area contributed by atoms with Crippen molar-refractivity contribution < 1.29 is 14.6 Å². The van der Waals surface area contributed by atoms with Crippen molar-refractivity contribution >= 4 is 17.3 Å². The van der Waals surface area contributed by atoms with Gasteiger partial charge in [0.1, 0.15) is 23.3 Å². The number of nitrogens with zero attached hydrogens (tertiary/aromatic N) is 3. The smallest absolute Gasteiger partial charge is 0.317 e. The van der Waals surface area contributed by atoms with Gasteiger partial charge in [0.25, 0.3) is 0 Å². The lowest BCUT2D eigenvalue weighted by Gasteiger charge is -2.40. The second kappa shape index (κ2) is 8.46. The lowest BCUT2D eigenvalue weighted by Crippen LogP contribution is -2.44. The molecule has 1 aliphatic heterocycles. The Kier molecular flexibility index (Phi) is 5.91. The van der Waals surface area contributed by atoms with Gasteiger partial charge in [0.05, 0.1) is 11.1 Å². The summed E-state index contributed by atoms with van der Waals surface area (Å²) in [6.07, 6.45) is 8.97. The molecule has 3 fully saturated rings. The van der Waals surface area contributed by atoms with Gasteiger partial charge in [-0.1, -0.05) is 6.42 Å². The molecule has 1 spiro atoms. The number of hydrogen-bond donors (Lipinski definition) is 2. The number of aliphatic hydroxyl groups is 1. The monoisotopic (exact) mass is 412 g/mol. The van der Waals surface area contributed by atoms with Gasteiger partial charge in [0, 0.05) is 24.2 Å². The largest absolute Gasteiger partial charge is 0.505 e. The molecule has 0 aromatic carbocycles. The first-order valence-electron chi connectivity index (χ1n) is 11.2. The Morgan fingerprint density at radius 3 is 2.83 bits per heavy atom. The van der Waals surface area contributed by atoms with Crippen LogP contribution in [-0.4, -0.2) is 57.2 Å². The first kappa shape index (κ1) is 21.0. The Balaban J connectivity index is 1.57. The van der Waals surface area contributed by atoms with Crippen LogP contribution < -0.4 is 4.74 Å². The molecule has 30 heavy (non-hydrogen) atoms. The zero-order valence-electron chi connectivity index (χ0n) is 18.0. The number of carbonyl (C=O) groups excluding carboxylic acids is 1. The average Bonchev–Trinajstić information content (AvgIpc) is 3.18. The van der Waals surface area contributed by atoms with E-state index in [1.54, 1.807) is 12.3 Å². The maximum atomic E-state index is 12.7. The van der Waals surface area contributed by atoms with Crippen LogP contribution in [0, 0.1) is 10.8 Å². The minimum Gasteiger partial charge on any atom is -0.505 e. The molecule has 1 aromatic heterocycles. The molecule has 2 saturated carbocycles. The summed E-state index contributed by atoms with van der Waals surface area (Å²) < 4.78 is 6.00. The lowest BCUT2D eigenvalue weighted by molar-refractivity contribution is -0.128. The summed E-state index contributed by atoms with van der Waals surface area (Å²) in [5.41, 5.74) is 0.475. The van der Waals surface area contributed by atoms with Crippen molar-refractivity contribution in [2.24, 2.45) is 5.41 Å². The SMILES string of the molecule is C[C@H](Oc1nccc(/C(O)=C2\CCC[C@@]3(CCCCC3=O)C2=N)n1)[C@@H]1CCCN1C. The number of likely N-dealkylation sites (tertiary alicyclic amines) is 1. The molecule has 2 heterocycles. The Morgan fingerprint density at radius 2 is 2.10 bits per heavy atom. The van der Waals surface area contributed by atoms with Gasteiger partial charge in [0.15, 0.2) is 0 Å². The highest BCUT2D eigenvalue weighted by Crippen LogP contribution is 2.46. The third kappa shape index (κ3) is 3.75. The number of ether oxygens (including phenoxy) is 1. The number of carbonyl (C=O) groups is 1. The number of aliphatic hydroxyl groups excluding tert-OH is 1. The number of ketones is 1. The summed E-state index contributed by atoms with van der Waals surface area (Å²) in [5.74, 6) is 0.139. The Labute approximate surface area is 178 Å². The standard InChI is InChI=1S/C23H32N4O3/c1-15(18-8-6-14-27(18)2)30-22-25-13-10-17(26-22)20(29)16-7-5-12-23(21(16)24)11-4-3-9-19(23)28/h10,13,15,18,24,29H,3-9,11-12,14H2,1-2H3/b20-16-,24-21?/t15-,18-,23+/m0/s1. The van der Waals surface area contributed by atoms with Gasteiger partial charge in [-0.2, -0.15) is 4.98 Å². The fraction of sp³-hybridized carbons (Fsp3) is 0.652.